The highest BCUT2D eigenvalue weighted by molar-refractivity contribution is 7.89. The number of nitrogens with one attached hydrogen (secondary N) is 1. The summed E-state index contributed by atoms with van der Waals surface area (Å²) in [6, 6.07) is 10.9. The maximum absolute atomic E-state index is 13.0. The molecule has 0 atom stereocenters. The summed E-state index contributed by atoms with van der Waals surface area (Å²) in [5, 5.41) is 7.70. The standard InChI is InChI=1S/C21H21ClN4O4S/c1-25-21(28)16-8-4-3-7-15(16)19(24-25)20(27)23-18-13-14(9-10-17(18)22)31(29,30)26-11-5-2-6-12-26/h3-4,7-10,13H,2,5-6,11-12H2,1H3,(H,23,27). The smallest absolute Gasteiger partial charge is 0.276 e. The monoisotopic (exact) mass is 460 g/mol. The van der Waals surface area contributed by atoms with Crippen LogP contribution in [0.4, 0.5) is 5.69 Å². The number of piperidine rings is 1. The van der Waals surface area contributed by atoms with Crippen LogP contribution in [0, 0.1) is 0 Å². The van der Waals surface area contributed by atoms with E-state index in [1.54, 1.807) is 24.3 Å². The van der Waals surface area contributed by atoms with E-state index in [1.807, 2.05) is 0 Å². The third-order valence-electron chi connectivity index (χ3n) is 5.31. The van der Waals surface area contributed by atoms with E-state index in [0.29, 0.717) is 23.9 Å². The lowest BCUT2D eigenvalue weighted by atomic mass is 10.1. The van der Waals surface area contributed by atoms with Crippen molar-refractivity contribution in [2.24, 2.45) is 7.05 Å². The number of aryl methyl sites for hydroxylation is 1. The van der Waals surface area contributed by atoms with Crippen LogP contribution in [0.5, 0.6) is 0 Å². The average Bonchev–Trinajstić information content (AvgIpc) is 2.78. The van der Waals surface area contributed by atoms with Crippen molar-refractivity contribution in [1.82, 2.24) is 14.1 Å². The minimum Gasteiger partial charge on any atom is -0.319 e. The highest BCUT2D eigenvalue weighted by atomic mass is 35.5. The molecule has 10 heteroatoms. The molecule has 8 nitrogen and oxygen atoms in total. The van der Waals surface area contributed by atoms with E-state index in [-0.39, 0.29) is 26.9 Å². The Bertz CT molecular complexity index is 1330. The number of benzene rings is 2. The Hall–Kier alpha value is -2.75. The van der Waals surface area contributed by atoms with Crippen LogP contribution in [0.25, 0.3) is 10.8 Å². The molecule has 0 aliphatic carbocycles. The van der Waals surface area contributed by atoms with Crippen molar-refractivity contribution in [2.45, 2.75) is 24.2 Å². The van der Waals surface area contributed by atoms with Crippen LogP contribution in [0.15, 0.2) is 52.2 Å². The van der Waals surface area contributed by atoms with E-state index in [9.17, 15) is 18.0 Å². The summed E-state index contributed by atoms with van der Waals surface area (Å²) >= 11 is 6.24. The molecule has 0 unspecified atom stereocenters. The van der Waals surface area contributed by atoms with Crippen LogP contribution in [0.1, 0.15) is 29.8 Å². The fourth-order valence-corrected chi connectivity index (χ4v) is 5.37. The maximum Gasteiger partial charge on any atom is 0.276 e. The third kappa shape index (κ3) is 4.08. The van der Waals surface area contributed by atoms with Crippen molar-refractivity contribution in [2.75, 3.05) is 18.4 Å². The first-order valence-electron chi connectivity index (χ1n) is 9.86. The zero-order valence-corrected chi connectivity index (χ0v) is 18.4. The van der Waals surface area contributed by atoms with Crippen LogP contribution in [-0.4, -0.2) is 41.5 Å². The van der Waals surface area contributed by atoms with E-state index in [0.717, 1.165) is 23.9 Å². The molecule has 1 N–H and O–H groups in total. The second-order valence-corrected chi connectivity index (χ2v) is 9.73. The number of hydrogen-bond acceptors (Lipinski definition) is 5. The van der Waals surface area contributed by atoms with Crippen molar-refractivity contribution in [3.63, 3.8) is 0 Å². The summed E-state index contributed by atoms with van der Waals surface area (Å²) in [4.78, 5) is 25.4. The zero-order valence-electron chi connectivity index (χ0n) is 16.8. The van der Waals surface area contributed by atoms with E-state index in [4.69, 9.17) is 11.6 Å². The van der Waals surface area contributed by atoms with Crippen molar-refractivity contribution in [3.05, 3.63) is 63.5 Å². The Morgan fingerprint density at radius 2 is 1.74 bits per heavy atom. The molecule has 0 radical (unpaired) electrons. The third-order valence-corrected chi connectivity index (χ3v) is 7.53. The van der Waals surface area contributed by atoms with Gasteiger partial charge in [-0.2, -0.15) is 9.40 Å². The fraction of sp³-hybridized carbons (Fsp3) is 0.286. The van der Waals surface area contributed by atoms with Gasteiger partial charge in [0.1, 0.15) is 0 Å². The van der Waals surface area contributed by atoms with E-state index >= 15 is 0 Å². The van der Waals surface area contributed by atoms with Gasteiger partial charge in [-0.1, -0.05) is 36.2 Å². The largest absolute Gasteiger partial charge is 0.319 e. The van der Waals surface area contributed by atoms with Gasteiger partial charge in [0.05, 0.1) is 21.0 Å². The second kappa shape index (κ2) is 8.41. The molecule has 1 aromatic heterocycles. The summed E-state index contributed by atoms with van der Waals surface area (Å²) in [7, 11) is -2.22. The molecule has 1 fully saturated rings. The lowest BCUT2D eigenvalue weighted by molar-refractivity contribution is 0.102. The van der Waals surface area contributed by atoms with Gasteiger partial charge in [0.15, 0.2) is 5.69 Å². The Labute approximate surface area is 184 Å². The molecular weight excluding hydrogens is 440 g/mol. The Kier molecular flexibility index (Phi) is 5.83. The first kappa shape index (κ1) is 21.5. The second-order valence-electron chi connectivity index (χ2n) is 7.38. The number of rotatable bonds is 4. The number of hydrogen-bond donors (Lipinski definition) is 1. The first-order valence-corrected chi connectivity index (χ1v) is 11.7. The molecule has 0 saturated carbocycles. The van der Waals surface area contributed by atoms with Gasteiger partial charge in [-0.05, 0) is 37.1 Å². The molecule has 2 aromatic carbocycles. The maximum atomic E-state index is 13.0. The van der Waals surface area contributed by atoms with Crippen molar-refractivity contribution < 1.29 is 13.2 Å². The Morgan fingerprint density at radius 3 is 2.45 bits per heavy atom. The highest BCUT2D eigenvalue weighted by Crippen LogP contribution is 2.29. The highest BCUT2D eigenvalue weighted by Gasteiger charge is 2.27. The molecule has 0 bridgehead atoms. The number of sulfonamides is 1. The van der Waals surface area contributed by atoms with Crippen LogP contribution in [-0.2, 0) is 17.1 Å². The minimum absolute atomic E-state index is 0.0399. The fourth-order valence-electron chi connectivity index (χ4n) is 3.66. The van der Waals surface area contributed by atoms with Gasteiger partial charge < -0.3 is 5.32 Å². The number of nitrogens with zero attached hydrogens (tertiary/aromatic N) is 3. The van der Waals surface area contributed by atoms with Gasteiger partial charge >= 0.3 is 0 Å². The lowest BCUT2D eigenvalue weighted by Gasteiger charge is -2.26. The number of fused-ring (bicyclic) bond motifs is 1. The van der Waals surface area contributed by atoms with Gasteiger partial charge in [0.25, 0.3) is 11.5 Å². The number of carbonyl (C=O) groups excluding carboxylic acids is 1. The van der Waals surface area contributed by atoms with Gasteiger partial charge in [-0.3, -0.25) is 9.59 Å². The molecule has 162 valence electrons. The lowest BCUT2D eigenvalue weighted by Crippen LogP contribution is -2.35. The quantitative estimate of drug-likeness (QED) is 0.644. The van der Waals surface area contributed by atoms with Gasteiger partial charge in [-0.15, -0.1) is 0 Å². The van der Waals surface area contributed by atoms with Gasteiger partial charge in [0.2, 0.25) is 10.0 Å². The topological polar surface area (TPSA) is 101 Å². The molecule has 1 aliphatic heterocycles. The molecular formula is C21H21ClN4O4S. The van der Waals surface area contributed by atoms with Gasteiger partial charge in [-0.25, -0.2) is 13.1 Å². The molecule has 1 saturated heterocycles. The van der Waals surface area contributed by atoms with Crippen LogP contribution < -0.4 is 10.9 Å². The van der Waals surface area contributed by atoms with E-state index < -0.39 is 15.9 Å². The Morgan fingerprint density at radius 1 is 1.06 bits per heavy atom. The van der Waals surface area contributed by atoms with Crippen molar-refractivity contribution in [1.29, 1.82) is 0 Å². The van der Waals surface area contributed by atoms with E-state index in [2.05, 4.69) is 10.4 Å². The van der Waals surface area contributed by atoms with Crippen molar-refractivity contribution >= 4 is 44.0 Å². The summed E-state index contributed by atoms with van der Waals surface area (Å²) in [5.74, 6) is -0.596. The predicted molar refractivity (Wildman–Crippen MR) is 119 cm³/mol. The predicted octanol–water partition coefficient (Wildman–Crippen LogP) is 3.01. The normalized spacial score (nSPS) is 15.2. The number of aromatic nitrogens is 2. The first-order chi connectivity index (χ1) is 14.8. The van der Waals surface area contributed by atoms with Gasteiger partial charge in [0, 0.05) is 25.5 Å². The average molecular weight is 461 g/mol. The van der Waals surface area contributed by atoms with E-state index in [1.165, 1.54) is 29.6 Å². The molecule has 1 amide bonds. The number of carbonyl (C=O) groups is 1. The molecule has 4 rings (SSSR count). The molecule has 1 aliphatic rings. The number of amides is 1. The van der Waals surface area contributed by atoms with Crippen LogP contribution >= 0.6 is 11.6 Å². The number of halogens is 1. The van der Waals surface area contributed by atoms with Crippen LogP contribution in [0.3, 0.4) is 0 Å². The minimum atomic E-state index is -3.69. The molecule has 0 spiro atoms. The summed E-state index contributed by atoms with van der Waals surface area (Å²) < 4.78 is 28.5. The summed E-state index contributed by atoms with van der Waals surface area (Å²) in [5.41, 5.74) is -0.123. The Balaban J connectivity index is 1.70. The molecule has 3 aromatic rings. The zero-order chi connectivity index (χ0) is 22.2. The molecule has 31 heavy (non-hydrogen) atoms. The molecule has 2 heterocycles. The van der Waals surface area contributed by atoms with Crippen molar-refractivity contribution in [3.8, 4) is 0 Å². The SMILES string of the molecule is Cn1nc(C(=O)Nc2cc(S(=O)(=O)N3CCCCC3)ccc2Cl)c2ccccc2c1=O. The van der Waals surface area contributed by atoms with Crippen LogP contribution in [0.2, 0.25) is 5.02 Å². The summed E-state index contributed by atoms with van der Waals surface area (Å²) in [6.45, 7) is 0.946. The number of anilines is 1. The summed E-state index contributed by atoms with van der Waals surface area (Å²) in [6.07, 6.45) is 2.65.